The zero-order valence-electron chi connectivity index (χ0n) is 22.7. The first kappa shape index (κ1) is 29.5. The Morgan fingerprint density at radius 2 is 2.00 bits per heavy atom. The summed E-state index contributed by atoms with van der Waals surface area (Å²) in [4.78, 5) is 45.0. The monoisotopic (exact) mass is 602 g/mol. The summed E-state index contributed by atoms with van der Waals surface area (Å²) in [5.41, 5.74) is -0.283. The molecule has 3 unspecified atom stereocenters. The summed E-state index contributed by atoms with van der Waals surface area (Å²) in [6, 6.07) is 7.72. The molecule has 2 amide bonds. The molecule has 3 fully saturated rings. The van der Waals surface area contributed by atoms with E-state index in [1.807, 2.05) is 44.2 Å². The van der Waals surface area contributed by atoms with Gasteiger partial charge in [0.1, 0.15) is 11.6 Å². The minimum atomic E-state index is -1.21. The third kappa shape index (κ3) is 5.33. The predicted octanol–water partition coefficient (Wildman–Crippen LogP) is 3.27. The van der Waals surface area contributed by atoms with Crippen molar-refractivity contribution in [2.45, 2.75) is 74.2 Å². The second-order valence-electron chi connectivity index (χ2n) is 10.9. The van der Waals surface area contributed by atoms with Crippen molar-refractivity contribution >= 4 is 33.7 Å². The fraction of sp³-hybridized carbons (Fsp3) is 0.567. The predicted molar refractivity (Wildman–Crippen MR) is 151 cm³/mol. The third-order valence-corrected chi connectivity index (χ3v) is 9.03. The summed E-state index contributed by atoms with van der Waals surface area (Å²) in [7, 11) is 0. The molecule has 3 heterocycles. The van der Waals surface area contributed by atoms with Crippen molar-refractivity contribution in [1.82, 2.24) is 9.80 Å². The van der Waals surface area contributed by atoms with Gasteiger partial charge in [-0.3, -0.25) is 14.4 Å². The lowest BCUT2D eigenvalue weighted by atomic mass is 9.70. The number of rotatable bonds is 13. The lowest BCUT2D eigenvalue weighted by molar-refractivity contribution is -0.156. The molecule has 0 radical (unpaired) electrons. The van der Waals surface area contributed by atoms with E-state index in [0.717, 1.165) is 5.56 Å². The minimum absolute atomic E-state index is 0.159. The molecule has 0 saturated carbocycles. The SMILES string of the molecule is C=CCCCOC(=O)[C@H]1[C@H]2C(=O)N([C@@H](CO)Cc3ccccc3)C(C(=O)N(CC=C)C(C)C)C23CC(Br)[C@@H]1O3. The first-order chi connectivity index (χ1) is 18.7. The molecule has 4 rings (SSSR count). The number of halogens is 1. The zero-order valence-corrected chi connectivity index (χ0v) is 24.3. The van der Waals surface area contributed by atoms with Crippen molar-refractivity contribution in [1.29, 1.82) is 0 Å². The van der Waals surface area contributed by atoms with E-state index in [9.17, 15) is 19.5 Å². The molecule has 0 aromatic heterocycles. The maximum absolute atomic E-state index is 14.3. The highest BCUT2D eigenvalue weighted by atomic mass is 79.9. The number of hydrogen-bond donors (Lipinski definition) is 1. The van der Waals surface area contributed by atoms with Crippen LogP contribution in [0.3, 0.4) is 0 Å². The highest BCUT2D eigenvalue weighted by Crippen LogP contribution is 2.60. The van der Waals surface area contributed by atoms with Gasteiger partial charge in [-0.1, -0.05) is 58.4 Å². The van der Waals surface area contributed by atoms with Gasteiger partial charge >= 0.3 is 5.97 Å². The van der Waals surface area contributed by atoms with Gasteiger partial charge in [-0.15, -0.1) is 13.2 Å². The van der Waals surface area contributed by atoms with Crippen LogP contribution in [0.4, 0.5) is 0 Å². The first-order valence-corrected chi connectivity index (χ1v) is 14.6. The average Bonchev–Trinajstić information content (AvgIpc) is 3.51. The van der Waals surface area contributed by atoms with Crippen LogP contribution in [0.2, 0.25) is 0 Å². The van der Waals surface area contributed by atoms with Gasteiger partial charge in [0.25, 0.3) is 0 Å². The fourth-order valence-corrected chi connectivity index (χ4v) is 7.44. The Morgan fingerprint density at radius 3 is 2.62 bits per heavy atom. The molecule has 3 saturated heterocycles. The number of fused-ring (bicyclic) bond motifs is 1. The smallest absolute Gasteiger partial charge is 0.312 e. The number of esters is 1. The van der Waals surface area contributed by atoms with Crippen LogP contribution < -0.4 is 0 Å². The van der Waals surface area contributed by atoms with Gasteiger partial charge in [0.2, 0.25) is 11.8 Å². The van der Waals surface area contributed by atoms with Crippen LogP contribution in [0.15, 0.2) is 55.6 Å². The van der Waals surface area contributed by atoms with Crippen molar-refractivity contribution in [2.75, 3.05) is 19.8 Å². The molecular formula is C30H39BrN2O6. The van der Waals surface area contributed by atoms with Gasteiger partial charge in [-0.05, 0) is 45.1 Å². The average molecular weight is 604 g/mol. The van der Waals surface area contributed by atoms with E-state index in [2.05, 4.69) is 29.1 Å². The molecule has 1 aromatic carbocycles. The van der Waals surface area contributed by atoms with Crippen LogP contribution in [0, 0.1) is 11.8 Å². The number of nitrogens with zero attached hydrogens (tertiary/aromatic N) is 2. The normalized spacial score (nSPS) is 29.8. The molecule has 7 atom stereocenters. The molecule has 3 aliphatic heterocycles. The summed E-state index contributed by atoms with van der Waals surface area (Å²) < 4.78 is 12.2. The van der Waals surface area contributed by atoms with Crippen LogP contribution in [0.25, 0.3) is 0 Å². The fourth-order valence-electron chi connectivity index (χ4n) is 6.49. The summed E-state index contributed by atoms with van der Waals surface area (Å²) in [5.74, 6) is -2.83. The Labute approximate surface area is 239 Å². The van der Waals surface area contributed by atoms with Crippen LogP contribution in [-0.4, -0.2) is 87.1 Å². The van der Waals surface area contributed by atoms with Crippen molar-refractivity contribution in [3.05, 3.63) is 61.2 Å². The van der Waals surface area contributed by atoms with Gasteiger partial charge in [0, 0.05) is 17.4 Å². The lowest BCUT2D eigenvalue weighted by Crippen LogP contribution is -2.60. The molecule has 212 valence electrons. The van der Waals surface area contributed by atoms with Gasteiger partial charge in [-0.2, -0.15) is 0 Å². The lowest BCUT2D eigenvalue weighted by Gasteiger charge is -2.40. The minimum Gasteiger partial charge on any atom is -0.465 e. The number of hydrogen-bond acceptors (Lipinski definition) is 6. The van der Waals surface area contributed by atoms with Crippen molar-refractivity contribution in [3.8, 4) is 0 Å². The number of ether oxygens (including phenoxy) is 2. The number of aliphatic hydroxyl groups excluding tert-OH is 1. The van der Waals surface area contributed by atoms with Crippen molar-refractivity contribution < 1.29 is 29.0 Å². The quantitative estimate of drug-likeness (QED) is 0.161. The summed E-state index contributed by atoms with van der Waals surface area (Å²) >= 11 is 3.68. The largest absolute Gasteiger partial charge is 0.465 e. The molecular weight excluding hydrogens is 564 g/mol. The Balaban J connectivity index is 1.76. The van der Waals surface area contributed by atoms with Crippen LogP contribution in [-0.2, 0) is 30.3 Å². The number of allylic oxidation sites excluding steroid dienone is 1. The number of aliphatic hydroxyl groups is 1. The number of benzene rings is 1. The topological polar surface area (TPSA) is 96.4 Å². The Bertz CT molecular complexity index is 1080. The van der Waals surface area contributed by atoms with Gasteiger partial charge in [-0.25, -0.2) is 0 Å². The number of unbranched alkanes of at least 4 members (excludes halogenated alkanes) is 1. The molecule has 1 spiro atoms. The van der Waals surface area contributed by atoms with Crippen molar-refractivity contribution in [2.24, 2.45) is 11.8 Å². The maximum Gasteiger partial charge on any atom is 0.312 e. The van der Waals surface area contributed by atoms with E-state index >= 15 is 0 Å². The van der Waals surface area contributed by atoms with E-state index in [4.69, 9.17) is 9.47 Å². The molecule has 9 heteroatoms. The number of likely N-dealkylation sites (tertiary alicyclic amines) is 1. The molecule has 39 heavy (non-hydrogen) atoms. The van der Waals surface area contributed by atoms with E-state index in [1.165, 1.54) is 4.90 Å². The van der Waals surface area contributed by atoms with Gasteiger partial charge < -0.3 is 24.4 Å². The van der Waals surface area contributed by atoms with Gasteiger partial charge in [0.05, 0.1) is 37.2 Å². The molecule has 1 aromatic rings. The van der Waals surface area contributed by atoms with E-state index in [1.54, 1.807) is 17.1 Å². The number of carbonyl (C=O) groups is 3. The highest BCUT2D eigenvalue weighted by molar-refractivity contribution is 9.09. The maximum atomic E-state index is 14.3. The molecule has 3 aliphatic rings. The van der Waals surface area contributed by atoms with Crippen LogP contribution in [0.1, 0.15) is 38.7 Å². The zero-order chi connectivity index (χ0) is 28.3. The Hall–Kier alpha value is -2.49. The molecule has 0 aliphatic carbocycles. The standard InChI is InChI=1S/C30H39BrN2O6/c1-5-7-11-15-38-29(37)23-24-27(35)33(21(18-34)16-20-12-9-8-10-13-20)26(28(36)32(14-6-2)19(3)4)30(24)17-22(31)25(23)39-30/h5-6,8-10,12-13,19,21-26,34H,1-2,7,11,14-18H2,3-4H3/t21-,22?,23+,24+,25+,26?,30?/m1/s1. The Morgan fingerprint density at radius 1 is 1.28 bits per heavy atom. The van der Waals surface area contributed by atoms with E-state index in [0.29, 0.717) is 32.2 Å². The Kier molecular flexibility index (Phi) is 9.34. The second-order valence-corrected chi connectivity index (χ2v) is 12.1. The highest BCUT2D eigenvalue weighted by Gasteiger charge is 2.77. The van der Waals surface area contributed by atoms with E-state index in [-0.39, 0.29) is 35.9 Å². The number of amides is 2. The van der Waals surface area contributed by atoms with Crippen LogP contribution in [0.5, 0.6) is 0 Å². The number of carbonyl (C=O) groups excluding carboxylic acids is 3. The van der Waals surface area contributed by atoms with E-state index < -0.39 is 41.6 Å². The molecule has 8 nitrogen and oxygen atoms in total. The molecule has 1 N–H and O–H groups in total. The first-order valence-electron chi connectivity index (χ1n) is 13.7. The van der Waals surface area contributed by atoms with Crippen molar-refractivity contribution in [3.63, 3.8) is 0 Å². The summed E-state index contributed by atoms with van der Waals surface area (Å²) in [6.45, 7) is 11.5. The van der Waals surface area contributed by atoms with Gasteiger partial charge in [0.15, 0.2) is 0 Å². The number of alkyl halides is 1. The van der Waals surface area contributed by atoms with Crippen LogP contribution >= 0.6 is 15.9 Å². The summed E-state index contributed by atoms with van der Waals surface area (Å²) in [6.07, 6.45) is 4.93. The second kappa shape index (κ2) is 12.4. The summed E-state index contributed by atoms with van der Waals surface area (Å²) in [5, 5.41) is 10.6. The third-order valence-electron chi connectivity index (χ3n) is 8.18. The molecule has 2 bridgehead atoms.